The summed E-state index contributed by atoms with van der Waals surface area (Å²) in [5, 5.41) is 10.2. The van der Waals surface area contributed by atoms with Gasteiger partial charge in [-0.1, -0.05) is 27.7 Å². The second-order valence-corrected chi connectivity index (χ2v) is 6.13. The highest BCUT2D eigenvalue weighted by atomic mass is 16.3. The number of aliphatic hydroxyl groups is 1. The standard InChI is InChI=1S/C12H24O/c1-10-5-6-12(13,9-10)8-7-11(2,3)4/h10,13H,5-9H2,1-4H3. The van der Waals surface area contributed by atoms with Crippen LogP contribution in [0.25, 0.3) is 0 Å². The summed E-state index contributed by atoms with van der Waals surface area (Å²) in [6.07, 6.45) is 5.37. The summed E-state index contributed by atoms with van der Waals surface area (Å²) in [4.78, 5) is 0. The van der Waals surface area contributed by atoms with E-state index >= 15 is 0 Å². The van der Waals surface area contributed by atoms with Crippen LogP contribution in [0.15, 0.2) is 0 Å². The van der Waals surface area contributed by atoms with Crippen molar-refractivity contribution in [3.63, 3.8) is 0 Å². The van der Waals surface area contributed by atoms with Crippen LogP contribution in [-0.4, -0.2) is 10.7 Å². The first-order chi connectivity index (χ1) is 5.81. The molecule has 1 rings (SSSR count). The molecule has 0 aromatic heterocycles. The molecule has 0 aromatic carbocycles. The Morgan fingerprint density at radius 3 is 2.38 bits per heavy atom. The summed E-state index contributed by atoms with van der Waals surface area (Å²) >= 11 is 0. The highest BCUT2D eigenvalue weighted by Crippen LogP contribution is 2.39. The van der Waals surface area contributed by atoms with E-state index in [-0.39, 0.29) is 5.60 Å². The van der Waals surface area contributed by atoms with Crippen LogP contribution in [0.3, 0.4) is 0 Å². The van der Waals surface area contributed by atoms with Gasteiger partial charge in [-0.2, -0.15) is 0 Å². The monoisotopic (exact) mass is 184 g/mol. The van der Waals surface area contributed by atoms with Gasteiger partial charge < -0.3 is 5.11 Å². The number of rotatable bonds is 2. The van der Waals surface area contributed by atoms with Gasteiger partial charge in [0.15, 0.2) is 0 Å². The van der Waals surface area contributed by atoms with Crippen LogP contribution in [0.4, 0.5) is 0 Å². The minimum atomic E-state index is -0.327. The summed E-state index contributed by atoms with van der Waals surface area (Å²) in [5.41, 5.74) is 0.0360. The van der Waals surface area contributed by atoms with Gasteiger partial charge in [0.05, 0.1) is 5.60 Å². The quantitative estimate of drug-likeness (QED) is 0.697. The first-order valence-electron chi connectivity index (χ1n) is 5.53. The minimum absolute atomic E-state index is 0.327. The lowest BCUT2D eigenvalue weighted by Gasteiger charge is -2.27. The molecule has 0 radical (unpaired) electrons. The Bertz CT molecular complexity index is 168. The molecule has 78 valence electrons. The second kappa shape index (κ2) is 3.61. The van der Waals surface area contributed by atoms with Crippen molar-refractivity contribution in [1.29, 1.82) is 0 Å². The van der Waals surface area contributed by atoms with Crippen LogP contribution in [0.2, 0.25) is 0 Å². The molecular weight excluding hydrogens is 160 g/mol. The molecule has 1 fully saturated rings. The van der Waals surface area contributed by atoms with Gasteiger partial charge in [-0.3, -0.25) is 0 Å². The molecule has 0 aliphatic heterocycles. The average molecular weight is 184 g/mol. The van der Waals surface area contributed by atoms with Gasteiger partial charge in [0, 0.05) is 0 Å². The van der Waals surface area contributed by atoms with Crippen molar-refractivity contribution in [1.82, 2.24) is 0 Å². The van der Waals surface area contributed by atoms with Crippen LogP contribution in [0, 0.1) is 11.3 Å². The molecule has 1 saturated carbocycles. The zero-order valence-electron chi connectivity index (χ0n) is 9.56. The van der Waals surface area contributed by atoms with Crippen molar-refractivity contribution in [3.8, 4) is 0 Å². The first-order valence-corrected chi connectivity index (χ1v) is 5.53. The van der Waals surface area contributed by atoms with Crippen molar-refractivity contribution < 1.29 is 5.11 Å². The smallest absolute Gasteiger partial charge is 0.0650 e. The van der Waals surface area contributed by atoms with E-state index in [4.69, 9.17) is 0 Å². The third-order valence-electron chi connectivity index (χ3n) is 3.17. The van der Waals surface area contributed by atoms with Crippen LogP contribution in [0.5, 0.6) is 0 Å². The van der Waals surface area contributed by atoms with Gasteiger partial charge in [-0.05, 0) is 43.4 Å². The molecule has 0 saturated heterocycles. The molecular formula is C12H24O. The lowest BCUT2D eigenvalue weighted by Crippen LogP contribution is -2.26. The van der Waals surface area contributed by atoms with Crippen LogP contribution < -0.4 is 0 Å². The van der Waals surface area contributed by atoms with Gasteiger partial charge in [0.2, 0.25) is 0 Å². The van der Waals surface area contributed by atoms with Crippen LogP contribution in [-0.2, 0) is 0 Å². The van der Waals surface area contributed by atoms with Crippen molar-refractivity contribution in [3.05, 3.63) is 0 Å². The SMILES string of the molecule is CC1CCC(O)(CCC(C)(C)C)C1. The zero-order valence-corrected chi connectivity index (χ0v) is 9.56. The van der Waals surface area contributed by atoms with Crippen molar-refractivity contribution in [2.45, 2.75) is 65.4 Å². The number of hydrogen-bond acceptors (Lipinski definition) is 1. The van der Waals surface area contributed by atoms with Gasteiger partial charge in [0.25, 0.3) is 0 Å². The fraction of sp³-hybridized carbons (Fsp3) is 1.00. The largest absolute Gasteiger partial charge is 0.390 e. The van der Waals surface area contributed by atoms with E-state index in [9.17, 15) is 5.11 Å². The van der Waals surface area contributed by atoms with E-state index in [1.165, 1.54) is 6.42 Å². The highest BCUT2D eigenvalue weighted by Gasteiger charge is 2.35. The molecule has 1 heteroatoms. The third kappa shape index (κ3) is 3.68. The Hall–Kier alpha value is -0.0400. The Balaban J connectivity index is 2.36. The first kappa shape index (κ1) is 11.0. The maximum absolute atomic E-state index is 10.2. The molecule has 1 aliphatic carbocycles. The average Bonchev–Trinajstić information content (AvgIpc) is 2.27. The predicted octanol–water partition coefficient (Wildman–Crippen LogP) is 3.36. The molecule has 2 unspecified atom stereocenters. The van der Waals surface area contributed by atoms with Gasteiger partial charge in [0.1, 0.15) is 0 Å². The van der Waals surface area contributed by atoms with Crippen molar-refractivity contribution in [2.24, 2.45) is 11.3 Å². The Morgan fingerprint density at radius 2 is 2.00 bits per heavy atom. The van der Waals surface area contributed by atoms with Crippen molar-refractivity contribution in [2.75, 3.05) is 0 Å². The Kier molecular flexibility index (Phi) is 3.06. The predicted molar refractivity (Wildman–Crippen MR) is 56.7 cm³/mol. The molecule has 2 atom stereocenters. The molecule has 0 bridgehead atoms. The fourth-order valence-electron chi connectivity index (χ4n) is 2.20. The maximum Gasteiger partial charge on any atom is 0.0650 e. The molecule has 13 heavy (non-hydrogen) atoms. The Labute approximate surface area is 82.5 Å². The second-order valence-electron chi connectivity index (χ2n) is 6.13. The van der Waals surface area contributed by atoms with E-state index in [1.54, 1.807) is 0 Å². The minimum Gasteiger partial charge on any atom is -0.390 e. The zero-order chi connectivity index (χ0) is 10.1. The van der Waals surface area contributed by atoms with E-state index in [0.717, 1.165) is 31.6 Å². The molecule has 1 nitrogen and oxygen atoms in total. The van der Waals surface area contributed by atoms with Gasteiger partial charge in [-0.25, -0.2) is 0 Å². The molecule has 1 N–H and O–H groups in total. The van der Waals surface area contributed by atoms with E-state index in [0.29, 0.717) is 5.41 Å². The fourth-order valence-corrected chi connectivity index (χ4v) is 2.20. The molecule has 1 aliphatic rings. The molecule has 0 aromatic rings. The van der Waals surface area contributed by atoms with E-state index in [2.05, 4.69) is 27.7 Å². The van der Waals surface area contributed by atoms with Crippen LogP contribution >= 0.6 is 0 Å². The molecule has 0 heterocycles. The van der Waals surface area contributed by atoms with Gasteiger partial charge >= 0.3 is 0 Å². The topological polar surface area (TPSA) is 20.2 Å². The lowest BCUT2D eigenvalue weighted by molar-refractivity contribution is 0.0246. The van der Waals surface area contributed by atoms with Crippen molar-refractivity contribution >= 4 is 0 Å². The maximum atomic E-state index is 10.2. The Morgan fingerprint density at radius 1 is 1.38 bits per heavy atom. The molecule has 0 spiro atoms. The third-order valence-corrected chi connectivity index (χ3v) is 3.17. The van der Waals surface area contributed by atoms with E-state index < -0.39 is 0 Å². The number of hydrogen-bond donors (Lipinski definition) is 1. The molecule has 0 amide bonds. The summed E-state index contributed by atoms with van der Waals surface area (Å²) in [6.45, 7) is 8.98. The summed E-state index contributed by atoms with van der Waals surface area (Å²) < 4.78 is 0. The summed E-state index contributed by atoms with van der Waals surface area (Å²) in [7, 11) is 0. The van der Waals surface area contributed by atoms with Gasteiger partial charge in [-0.15, -0.1) is 0 Å². The van der Waals surface area contributed by atoms with Crippen LogP contribution in [0.1, 0.15) is 59.8 Å². The summed E-state index contributed by atoms with van der Waals surface area (Å²) in [6, 6.07) is 0. The van der Waals surface area contributed by atoms with E-state index in [1.807, 2.05) is 0 Å². The summed E-state index contributed by atoms with van der Waals surface area (Å²) in [5.74, 6) is 0.727. The lowest BCUT2D eigenvalue weighted by atomic mass is 9.84. The normalized spacial score (nSPS) is 35.3. The highest BCUT2D eigenvalue weighted by molar-refractivity contribution is 4.88.